The molecule has 0 aliphatic carbocycles. The Morgan fingerprint density at radius 2 is 0.581 bits per heavy atom. The molecule has 0 spiro atoms. The third kappa shape index (κ3) is 22.0. The summed E-state index contributed by atoms with van der Waals surface area (Å²) in [4.78, 5) is 124. The number of nitrogens with one attached hydrogen (secondary N) is 3. The van der Waals surface area contributed by atoms with E-state index in [4.69, 9.17) is 4.55 Å². The molecule has 3 aromatic carbocycles. The summed E-state index contributed by atoms with van der Waals surface area (Å²) in [6.45, 7) is 1.63. The molecule has 6 N–H and O–H groups in total. The number of benzene rings is 3. The zero-order valence-electron chi connectivity index (χ0n) is 50.9. The first kappa shape index (κ1) is 97.1. The van der Waals surface area contributed by atoms with Crippen LogP contribution in [0.25, 0.3) is 0 Å². The van der Waals surface area contributed by atoms with Crippen molar-refractivity contribution in [3.05, 3.63) is 48.8 Å². The van der Waals surface area contributed by atoms with Gasteiger partial charge in [-0.15, -0.1) is 0 Å². The molecule has 3 aromatic rings. The van der Waals surface area contributed by atoms with Gasteiger partial charge in [0, 0.05) is 60.7 Å². The number of alkyl halides is 18. The van der Waals surface area contributed by atoms with Crippen molar-refractivity contribution in [2.45, 2.75) is 93.4 Å². The second kappa shape index (κ2) is 34.7. The van der Waals surface area contributed by atoms with Crippen molar-refractivity contribution in [3.8, 4) is 0 Å². The van der Waals surface area contributed by atoms with E-state index < -0.39 is 260 Å². The van der Waals surface area contributed by atoms with Crippen molar-refractivity contribution in [2.24, 2.45) is 0 Å². The predicted molar refractivity (Wildman–Crippen MR) is 400 cm³/mol. The highest BCUT2D eigenvalue weighted by molar-refractivity contribution is 14.1. The van der Waals surface area contributed by atoms with Crippen LogP contribution in [0, 0.1) is 32.1 Å². The third-order valence-corrected chi connectivity index (χ3v) is 25.2. The van der Waals surface area contributed by atoms with Gasteiger partial charge in [0.2, 0.25) is 35.4 Å². The van der Waals surface area contributed by atoms with Gasteiger partial charge in [-0.25, -0.2) is 14.4 Å². The molecule has 0 atom stereocenters. The van der Waals surface area contributed by atoms with Crippen LogP contribution in [0.5, 0.6) is 0 Å². The molecule has 0 unspecified atom stereocenters. The molecule has 0 saturated carbocycles. The maximum Gasteiger partial charge on any atom is 0.438 e. The molecule has 57 heteroatoms. The number of esters is 3. The molecule has 590 valence electrons. The summed E-state index contributed by atoms with van der Waals surface area (Å²) in [6, 6.07) is 0. The van der Waals surface area contributed by atoms with Gasteiger partial charge < -0.3 is 44.9 Å². The fourth-order valence-corrected chi connectivity index (χ4v) is 24.8. The van der Waals surface area contributed by atoms with Crippen LogP contribution in [0.1, 0.15) is 70.6 Å². The summed E-state index contributed by atoms with van der Waals surface area (Å²) in [5.74, 6) is -26.1. The lowest BCUT2D eigenvalue weighted by Crippen LogP contribution is -2.63. The molecule has 3 rings (SSSR count). The molecule has 0 saturated heterocycles. The van der Waals surface area contributed by atoms with Gasteiger partial charge in [0.05, 0.1) is 82.9 Å². The van der Waals surface area contributed by atoms with Crippen molar-refractivity contribution in [1.82, 2.24) is 0 Å². The minimum absolute atomic E-state index is 0.333. The van der Waals surface area contributed by atoms with Gasteiger partial charge in [-0.3, -0.25) is 42.4 Å². The zero-order chi connectivity index (χ0) is 82.5. The van der Waals surface area contributed by atoms with Gasteiger partial charge in [-0.05, 0) is 203 Å². The molecular weight excluding hydrogens is 2580 g/mol. The highest BCUT2D eigenvalue weighted by atomic mass is 127. The van der Waals surface area contributed by atoms with E-state index in [2.05, 4.69) is 30.2 Å². The fraction of sp³-hybridized carbons (Fsp3) is 0.438. The van der Waals surface area contributed by atoms with Gasteiger partial charge in [0.15, 0.2) is 0 Å². The number of anilines is 6. The van der Waals surface area contributed by atoms with Crippen molar-refractivity contribution in [1.29, 1.82) is 0 Å². The second-order valence-corrected chi connectivity index (χ2v) is 34.8. The summed E-state index contributed by atoms with van der Waals surface area (Å²) >= 11 is 10.4. The Balaban J connectivity index is 2.33. The minimum Gasteiger partial charge on any atom is -0.435 e. The minimum atomic E-state index is -7.01. The van der Waals surface area contributed by atoms with Crippen molar-refractivity contribution in [3.63, 3.8) is 0 Å². The molecule has 105 heavy (non-hydrogen) atoms. The lowest BCUT2D eigenvalue weighted by molar-refractivity contribution is -0.356. The molecule has 0 aromatic heterocycles. The average Bonchev–Trinajstić information content (AvgIpc) is 0.742. The Bertz CT molecular complexity index is 4410. The molecule has 0 heterocycles. The SMILES string of the molecule is CC(=O)Nc1c(I)c(NC(=O)CCC(=O)N(C)c2c(I)c(NC(=O)CCC(=O)N(C)c3c(I)c(C(=O)OC(CS(=O)(=O)O)(C(F)(F)F)C(F)(F)F)c(I)c(N(C)C(C)=O)c3I)c(I)c(C(=O)OC(CS(=O)(=O)O)(C(F)(F)F)C(F)(F)F)c2I)c(I)c(C(=O)OC(CS(=O)(=O)O)(C(F)(F)F)C(F)(F)F)c1I. The highest BCUT2D eigenvalue weighted by Gasteiger charge is 2.78. The third-order valence-electron chi connectivity index (χ3n) is 13.4. The normalized spacial score (nSPS) is 13.2. The number of ether oxygens (including phenoxy) is 3. The summed E-state index contributed by atoms with van der Waals surface area (Å²) in [7, 11) is -16.8. The molecule has 0 fully saturated rings. The fourth-order valence-electron chi connectivity index (χ4n) is 8.27. The zero-order valence-corrected chi connectivity index (χ0v) is 72.8. The van der Waals surface area contributed by atoms with Crippen molar-refractivity contribution in [2.75, 3.05) is 69.1 Å². The topological polar surface area (TPSA) is 390 Å². The van der Waals surface area contributed by atoms with Crippen molar-refractivity contribution >= 4 is 321 Å². The number of carbonyl (C=O) groups is 9. The van der Waals surface area contributed by atoms with Crippen LogP contribution in [-0.4, -0.2) is 185 Å². The van der Waals surface area contributed by atoms with E-state index >= 15 is 0 Å². The Morgan fingerprint density at radius 3 is 0.829 bits per heavy atom. The standard InChI is InChI=1S/C48H35F18I9N6O21S3/c1-13(82)76-31-22(67)19(37(88)100-40(43(49,50)51,44(52,53)54)10-103(91,92)93)23(68)32(28(31)73)77-15(84)6-8-17(86)80(4)34-25(70)20(38(89)101-41(45(55,56)57,46(58,59)60)11-104(94,95)96)24(69)33(29(34)74)78-16(85)7-9-18(87)81(5)36-27(72)21(26(71)35(30(36)75)79(3)14(2)83)39(90)102-42(47(61,62)63,48(64,65)66)12-105(97,98)99/h6-12H2,1-5H3,(H,76,82)(H,77,84)(H,78,85)(H,91,92,93)(H,94,95,96)(H,97,98,99). The quantitative estimate of drug-likeness (QED) is 0.0159. The van der Waals surface area contributed by atoms with E-state index in [1.807, 2.05) is 0 Å². The molecule has 27 nitrogen and oxygen atoms in total. The maximum atomic E-state index is 14.6. The van der Waals surface area contributed by atoms with Crippen LogP contribution in [0.2, 0.25) is 0 Å². The van der Waals surface area contributed by atoms with E-state index in [9.17, 15) is 157 Å². The van der Waals surface area contributed by atoms with Crippen LogP contribution in [-0.2, 0) is 73.3 Å². The van der Waals surface area contributed by atoms with Gasteiger partial charge in [0.1, 0.15) is 17.3 Å². The van der Waals surface area contributed by atoms with Gasteiger partial charge >= 0.3 is 71.8 Å². The first-order chi connectivity index (χ1) is 46.8. The van der Waals surface area contributed by atoms with E-state index in [1.165, 1.54) is 67.8 Å². The molecule has 6 amide bonds. The summed E-state index contributed by atoms with van der Waals surface area (Å²) in [5, 5.41) is 6.21. The molecule has 0 bridgehead atoms. The van der Waals surface area contributed by atoms with Gasteiger partial charge in [-0.2, -0.15) is 104 Å². The van der Waals surface area contributed by atoms with Crippen LogP contribution in [0.15, 0.2) is 0 Å². The van der Waals surface area contributed by atoms with Crippen LogP contribution in [0.3, 0.4) is 0 Å². The number of halogens is 27. The van der Waals surface area contributed by atoms with Gasteiger partial charge in [0.25, 0.3) is 30.4 Å². The Hall–Kier alpha value is -2.07. The molecule has 0 aliphatic heterocycles. The molecule has 0 aliphatic rings. The Labute approximate surface area is 698 Å². The summed E-state index contributed by atoms with van der Waals surface area (Å²) in [6.07, 6.45) is -46.3. The van der Waals surface area contributed by atoms with E-state index in [1.54, 1.807) is 0 Å². The number of hydrogen-bond donors (Lipinski definition) is 6. The number of hydrogen-bond acceptors (Lipinski definition) is 18. The van der Waals surface area contributed by atoms with Crippen LogP contribution >= 0.6 is 203 Å². The Morgan fingerprint density at radius 1 is 0.352 bits per heavy atom. The lowest BCUT2D eigenvalue weighted by atomic mass is 10.0. The monoisotopic (exact) mass is 2610 g/mol. The van der Waals surface area contributed by atoms with Crippen LogP contribution in [0.4, 0.5) is 113 Å². The summed E-state index contributed by atoms with van der Waals surface area (Å²) < 4.78 is 363. The first-order valence-corrected chi connectivity index (χ1v) is 40.5. The van der Waals surface area contributed by atoms with Crippen molar-refractivity contribution < 1.29 is 175 Å². The molecular formula is C48H35F18I9N6O21S3. The largest absolute Gasteiger partial charge is 0.438 e. The summed E-state index contributed by atoms with van der Waals surface area (Å²) in [5.41, 5.74) is -26.9. The lowest BCUT2D eigenvalue weighted by Gasteiger charge is -2.36. The van der Waals surface area contributed by atoms with E-state index in [0.717, 1.165) is 163 Å². The smallest absolute Gasteiger partial charge is 0.435 e. The number of carbonyl (C=O) groups excluding carboxylic acids is 9. The molecule has 0 radical (unpaired) electrons. The average molecular weight is 2610 g/mol. The second-order valence-electron chi connectivity index (χ2n) is 20.7. The number of nitrogens with zero attached hydrogens (tertiary/aromatic N) is 3. The first-order valence-electron chi connectivity index (χ1n) is 26.0. The Kier molecular flexibility index (Phi) is 32.1. The number of rotatable bonds is 24. The van der Waals surface area contributed by atoms with Crippen LogP contribution < -0.4 is 30.7 Å². The predicted octanol–water partition coefficient (Wildman–Crippen LogP) is 12.6. The maximum absolute atomic E-state index is 14.6. The van der Waals surface area contributed by atoms with Gasteiger partial charge in [-0.1, -0.05) is 0 Å². The van der Waals surface area contributed by atoms with E-state index in [0.29, 0.717) is 21.7 Å². The number of amides is 6. The highest BCUT2D eigenvalue weighted by Crippen LogP contribution is 2.53. The van der Waals surface area contributed by atoms with E-state index in [-0.39, 0.29) is 3.57 Å².